The van der Waals surface area contributed by atoms with E-state index >= 15 is 0 Å². The molecule has 1 unspecified atom stereocenters. The zero-order valence-corrected chi connectivity index (χ0v) is 11.5. The summed E-state index contributed by atoms with van der Waals surface area (Å²) in [6.07, 6.45) is 0.993. The Hall–Kier alpha value is -1.12. The summed E-state index contributed by atoms with van der Waals surface area (Å²) in [5.41, 5.74) is 10.1. The molecule has 0 amide bonds. The summed E-state index contributed by atoms with van der Waals surface area (Å²) in [7, 11) is 0. The van der Waals surface area contributed by atoms with Crippen molar-refractivity contribution >= 4 is 11.3 Å². The highest BCUT2D eigenvalue weighted by Crippen LogP contribution is 2.36. The minimum Gasteiger partial charge on any atom is -0.323 e. The van der Waals surface area contributed by atoms with Crippen LogP contribution in [0.5, 0.6) is 0 Å². The highest BCUT2D eigenvalue weighted by Gasteiger charge is 2.13. The Morgan fingerprint density at radius 2 is 1.88 bits per heavy atom. The number of rotatable bonds is 3. The topological polar surface area (TPSA) is 26.0 Å². The van der Waals surface area contributed by atoms with Gasteiger partial charge in [-0.3, -0.25) is 0 Å². The van der Waals surface area contributed by atoms with Crippen molar-refractivity contribution < 1.29 is 0 Å². The normalized spacial score (nSPS) is 12.7. The summed E-state index contributed by atoms with van der Waals surface area (Å²) in [6.45, 7) is 6.46. The van der Waals surface area contributed by atoms with Crippen molar-refractivity contribution in [2.75, 3.05) is 0 Å². The zero-order chi connectivity index (χ0) is 12.4. The van der Waals surface area contributed by atoms with Crippen molar-refractivity contribution in [1.29, 1.82) is 0 Å². The molecule has 0 spiro atoms. The van der Waals surface area contributed by atoms with Gasteiger partial charge in [-0.25, -0.2) is 0 Å². The fraction of sp³-hybridized carbons (Fsp3) is 0.333. The SMILES string of the molecule is CCC(N)c1cc(C)c(-c2ccccc2C)s1. The minimum atomic E-state index is 0.177. The fourth-order valence-corrected chi connectivity index (χ4v) is 3.33. The molecule has 90 valence electrons. The lowest BCUT2D eigenvalue weighted by Gasteiger charge is -2.05. The molecule has 1 aromatic carbocycles. The molecule has 0 bridgehead atoms. The molecule has 1 atom stereocenters. The molecular weight excluding hydrogens is 226 g/mol. The molecule has 0 aliphatic rings. The predicted molar refractivity (Wildman–Crippen MR) is 76.4 cm³/mol. The van der Waals surface area contributed by atoms with Crippen molar-refractivity contribution in [3.63, 3.8) is 0 Å². The van der Waals surface area contributed by atoms with Gasteiger partial charge in [0.2, 0.25) is 0 Å². The van der Waals surface area contributed by atoms with Gasteiger partial charge >= 0.3 is 0 Å². The molecule has 2 heteroatoms. The third-order valence-corrected chi connectivity index (χ3v) is 4.53. The molecule has 0 saturated carbocycles. The van der Waals surface area contributed by atoms with E-state index in [0.717, 1.165) is 6.42 Å². The van der Waals surface area contributed by atoms with Crippen LogP contribution in [0.2, 0.25) is 0 Å². The third kappa shape index (κ3) is 2.43. The average molecular weight is 245 g/mol. The maximum Gasteiger partial charge on any atom is 0.0387 e. The minimum absolute atomic E-state index is 0.177. The van der Waals surface area contributed by atoms with E-state index in [1.54, 1.807) is 0 Å². The Kier molecular flexibility index (Phi) is 3.65. The number of hydrogen-bond donors (Lipinski definition) is 1. The molecule has 1 heterocycles. The Balaban J connectivity index is 2.47. The number of benzene rings is 1. The van der Waals surface area contributed by atoms with E-state index in [1.807, 2.05) is 11.3 Å². The molecule has 2 rings (SSSR count). The quantitative estimate of drug-likeness (QED) is 0.850. The van der Waals surface area contributed by atoms with Crippen molar-refractivity contribution in [1.82, 2.24) is 0 Å². The van der Waals surface area contributed by atoms with E-state index < -0.39 is 0 Å². The standard InChI is InChI=1S/C15H19NS/c1-4-13(16)14-9-11(3)15(17-14)12-8-6-5-7-10(12)2/h5-9,13H,4,16H2,1-3H3. The first kappa shape index (κ1) is 12.3. The van der Waals surface area contributed by atoms with Gasteiger partial charge in [0.15, 0.2) is 0 Å². The van der Waals surface area contributed by atoms with Gasteiger partial charge in [-0.15, -0.1) is 11.3 Å². The Morgan fingerprint density at radius 1 is 1.18 bits per heavy atom. The fourth-order valence-electron chi connectivity index (χ4n) is 1.99. The van der Waals surface area contributed by atoms with E-state index in [9.17, 15) is 0 Å². The van der Waals surface area contributed by atoms with Gasteiger partial charge in [-0.1, -0.05) is 31.2 Å². The number of thiophene rings is 1. The van der Waals surface area contributed by atoms with Crippen LogP contribution in [0.15, 0.2) is 30.3 Å². The summed E-state index contributed by atoms with van der Waals surface area (Å²) < 4.78 is 0. The molecule has 0 aliphatic heterocycles. The maximum atomic E-state index is 6.10. The summed E-state index contributed by atoms with van der Waals surface area (Å²) >= 11 is 1.83. The van der Waals surface area contributed by atoms with Crippen LogP contribution in [-0.2, 0) is 0 Å². The Morgan fingerprint density at radius 3 is 2.53 bits per heavy atom. The molecule has 17 heavy (non-hydrogen) atoms. The Bertz CT molecular complexity index is 513. The first-order chi connectivity index (χ1) is 8.13. The molecule has 0 aliphatic carbocycles. The molecule has 0 radical (unpaired) electrons. The van der Waals surface area contributed by atoms with Crippen LogP contribution in [0.1, 0.15) is 35.4 Å². The Labute approximate surface area is 107 Å². The van der Waals surface area contributed by atoms with Crippen molar-refractivity contribution in [3.8, 4) is 10.4 Å². The lowest BCUT2D eigenvalue weighted by molar-refractivity contribution is 0.712. The van der Waals surface area contributed by atoms with Gasteiger partial charge in [0, 0.05) is 15.8 Å². The van der Waals surface area contributed by atoms with E-state index in [4.69, 9.17) is 5.73 Å². The average Bonchev–Trinajstić information content (AvgIpc) is 2.71. The monoisotopic (exact) mass is 245 g/mol. The zero-order valence-electron chi connectivity index (χ0n) is 10.7. The van der Waals surface area contributed by atoms with Crippen LogP contribution in [0, 0.1) is 13.8 Å². The van der Waals surface area contributed by atoms with Gasteiger partial charge in [0.25, 0.3) is 0 Å². The first-order valence-corrected chi connectivity index (χ1v) is 6.87. The molecular formula is C15H19NS. The lowest BCUT2D eigenvalue weighted by Crippen LogP contribution is -2.05. The van der Waals surface area contributed by atoms with Gasteiger partial charge in [-0.2, -0.15) is 0 Å². The number of aryl methyl sites for hydroxylation is 2. The maximum absolute atomic E-state index is 6.10. The van der Waals surface area contributed by atoms with Crippen LogP contribution in [0.4, 0.5) is 0 Å². The molecule has 1 nitrogen and oxygen atoms in total. The largest absolute Gasteiger partial charge is 0.323 e. The van der Waals surface area contributed by atoms with E-state index in [1.165, 1.54) is 26.4 Å². The molecule has 2 aromatic rings. The van der Waals surface area contributed by atoms with Gasteiger partial charge in [-0.05, 0) is 43.0 Å². The summed E-state index contributed by atoms with van der Waals surface area (Å²) in [6, 6.07) is 10.9. The lowest BCUT2D eigenvalue weighted by atomic mass is 10.0. The number of hydrogen-bond acceptors (Lipinski definition) is 2. The highest BCUT2D eigenvalue weighted by atomic mass is 32.1. The van der Waals surface area contributed by atoms with Crippen LogP contribution in [0.25, 0.3) is 10.4 Å². The summed E-state index contributed by atoms with van der Waals surface area (Å²) in [4.78, 5) is 2.66. The predicted octanol–water partition coefficient (Wildman–Crippen LogP) is 4.44. The van der Waals surface area contributed by atoms with Crippen LogP contribution < -0.4 is 5.73 Å². The van der Waals surface area contributed by atoms with Crippen molar-refractivity contribution in [3.05, 3.63) is 46.3 Å². The van der Waals surface area contributed by atoms with E-state index in [-0.39, 0.29) is 6.04 Å². The highest BCUT2D eigenvalue weighted by molar-refractivity contribution is 7.15. The van der Waals surface area contributed by atoms with Crippen molar-refractivity contribution in [2.45, 2.75) is 33.2 Å². The smallest absolute Gasteiger partial charge is 0.0387 e. The first-order valence-electron chi connectivity index (χ1n) is 6.05. The second-order valence-electron chi connectivity index (χ2n) is 4.49. The van der Waals surface area contributed by atoms with E-state index in [0.29, 0.717) is 0 Å². The van der Waals surface area contributed by atoms with Crippen molar-refractivity contribution in [2.24, 2.45) is 5.73 Å². The molecule has 2 N–H and O–H groups in total. The van der Waals surface area contributed by atoms with Gasteiger partial charge in [0.1, 0.15) is 0 Å². The van der Waals surface area contributed by atoms with E-state index in [2.05, 4.69) is 51.1 Å². The number of nitrogens with two attached hydrogens (primary N) is 1. The molecule has 1 aromatic heterocycles. The summed E-state index contributed by atoms with van der Waals surface area (Å²) in [5, 5.41) is 0. The third-order valence-electron chi connectivity index (χ3n) is 3.13. The molecule has 0 fully saturated rings. The second kappa shape index (κ2) is 5.03. The second-order valence-corrected chi connectivity index (χ2v) is 5.57. The van der Waals surface area contributed by atoms with Crippen LogP contribution in [0.3, 0.4) is 0 Å². The van der Waals surface area contributed by atoms with Gasteiger partial charge < -0.3 is 5.73 Å². The van der Waals surface area contributed by atoms with Crippen LogP contribution >= 0.6 is 11.3 Å². The van der Waals surface area contributed by atoms with Crippen LogP contribution in [-0.4, -0.2) is 0 Å². The van der Waals surface area contributed by atoms with Gasteiger partial charge in [0.05, 0.1) is 0 Å². The summed E-state index contributed by atoms with van der Waals surface area (Å²) in [5.74, 6) is 0. The molecule has 0 saturated heterocycles.